The number of nitrogens with one attached hydrogen (secondary N) is 1. The summed E-state index contributed by atoms with van der Waals surface area (Å²) < 4.78 is 24.5. The SMILES string of the molecule is COc1cccc(C(=O)NC2CCN(C[C@H]3CCOC3)CC2)c1F. The summed E-state index contributed by atoms with van der Waals surface area (Å²) >= 11 is 0. The minimum Gasteiger partial charge on any atom is -0.494 e. The van der Waals surface area contributed by atoms with Crippen molar-refractivity contribution < 1.29 is 18.7 Å². The predicted molar refractivity (Wildman–Crippen MR) is 88.8 cm³/mol. The van der Waals surface area contributed by atoms with Gasteiger partial charge in [0, 0.05) is 32.3 Å². The van der Waals surface area contributed by atoms with Crippen LogP contribution in [0, 0.1) is 11.7 Å². The molecule has 3 rings (SSSR count). The number of piperidine rings is 1. The molecule has 0 bridgehead atoms. The number of benzene rings is 1. The fraction of sp³-hybridized carbons (Fsp3) is 0.611. The molecule has 0 unspecified atom stereocenters. The quantitative estimate of drug-likeness (QED) is 0.894. The molecular formula is C18H25FN2O3. The van der Waals surface area contributed by atoms with Crippen LogP contribution in [-0.4, -0.2) is 56.8 Å². The summed E-state index contributed by atoms with van der Waals surface area (Å²) in [4.78, 5) is 14.8. The van der Waals surface area contributed by atoms with Crippen molar-refractivity contribution in [3.63, 3.8) is 0 Å². The summed E-state index contributed by atoms with van der Waals surface area (Å²) in [5.41, 5.74) is 0.0416. The van der Waals surface area contributed by atoms with Crippen molar-refractivity contribution in [2.75, 3.05) is 40.0 Å². The Morgan fingerprint density at radius 3 is 2.83 bits per heavy atom. The Morgan fingerprint density at radius 2 is 2.17 bits per heavy atom. The van der Waals surface area contributed by atoms with Crippen LogP contribution in [0.2, 0.25) is 0 Å². The lowest BCUT2D eigenvalue weighted by Crippen LogP contribution is -2.46. The standard InChI is InChI=1S/C18H25FN2O3/c1-23-16-4-2-3-15(17(16)19)18(22)20-14-5-8-21(9-6-14)11-13-7-10-24-12-13/h2-4,13-14H,5-12H2,1H3,(H,20,22)/t13-/m1/s1. The van der Waals surface area contributed by atoms with E-state index in [1.165, 1.54) is 19.2 Å². The number of rotatable bonds is 5. The molecule has 0 spiro atoms. The van der Waals surface area contributed by atoms with E-state index in [2.05, 4.69) is 10.2 Å². The van der Waals surface area contributed by atoms with Crippen molar-refractivity contribution in [2.45, 2.75) is 25.3 Å². The highest BCUT2D eigenvalue weighted by molar-refractivity contribution is 5.95. The molecule has 132 valence electrons. The van der Waals surface area contributed by atoms with Crippen molar-refractivity contribution in [1.29, 1.82) is 0 Å². The van der Waals surface area contributed by atoms with Crippen molar-refractivity contribution in [2.24, 2.45) is 5.92 Å². The van der Waals surface area contributed by atoms with Crippen LogP contribution < -0.4 is 10.1 Å². The van der Waals surface area contributed by atoms with E-state index in [4.69, 9.17) is 9.47 Å². The zero-order valence-corrected chi connectivity index (χ0v) is 14.1. The Hall–Kier alpha value is -1.66. The number of amides is 1. The van der Waals surface area contributed by atoms with Gasteiger partial charge in [0.05, 0.1) is 19.3 Å². The number of carbonyl (C=O) groups is 1. The summed E-state index contributed by atoms with van der Waals surface area (Å²) in [5, 5.41) is 2.96. The second-order valence-electron chi connectivity index (χ2n) is 6.60. The van der Waals surface area contributed by atoms with Gasteiger partial charge >= 0.3 is 0 Å². The Kier molecular flexibility index (Phi) is 5.68. The summed E-state index contributed by atoms with van der Waals surface area (Å²) in [6.07, 6.45) is 2.93. The predicted octanol–water partition coefficient (Wildman–Crippen LogP) is 2.06. The number of likely N-dealkylation sites (tertiary alicyclic amines) is 1. The molecule has 1 aromatic rings. The van der Waals surface area contributed by atoms with Crippen LogP contribution in [-0.2, 0) is 4.74 Å². The van der Waals surface area contributed by atoms with Crippen LogP contribution in [0.4, 0.5) is 4.39 Å². The summed E-state index contributed by atoms with van der Waals surface area (Å²) in [6, 6.07) is 4.72. The van der Waals surface area contributed by atoms with Crippen LogP contribution in [0.1, 0.15) is 29.6 Å². The first-order valence-electron chi connectivity index (χ1n) is 8.61. The van der Waals surface area contributed by atoms with E-state index < -0.39 is 5.82 Å². The Balaban J connectivity index is 1.49. The Bertz CT molecular complexity index is 567. The van der Waals surface area contributed by atoms with Gasteiger partial charge in [-0.15, -0.1) is 0 Å². The first-order valence-corrected chi connectivity index (χ1v) is 8.61. The molecule has 6 heteroatoms. The van der Waals surface area contributed by atoms with Gasteiger partial charge < -0.3 is 19.7 Å². The highest BCUT2D eigenvalue weighted by Crippen LogP contribution is 2.21. The van der Waals surface area contributed by atoms with Gasteiger partial charge in [-0.05, 0) is 37.3 Å². The first kappa shape index (κ1) is 17.2. The lowest BCUT2D eigenvalue weighted by molar-refractivity contribution is 0.0898. The maximum Gasteiger partial charge on any atom is 0.254 e. The highest BCUT2D eigenvalue weighted by Gasteiger charge is 2.25. The number of ether oxygens (including phenoxy) is 2. The average molecular weight is 336 g/mol. The molecule has 2 fully saturated rings. The molecule has 1 aromatic carbocycles. The largest absolute Gasteiger partial charge is 0.494 e. The van der Waals surface area contributed by atoms with Crippen molar-refractivity contribution in [3.8, 4) is 5.75 Å². The monoisotopic (exact) mass is 336 g/mol. The van der Waals surface area contributed by atoms with Crippen molar-refractivity contribution in [3.05, 3.63) is 29.6 Å². The Labute approximate surface area is 142 Å². The third-order valence-corrected chi connectivity index (χ3v) is 4.89. The highest BCUT2D eigenvalue weighted by atomic mass is 19.1. The average Bonchev–Trinajstić information content (AvgIpc) is 3.10. The lowest BCUT2D eigenvalue weighted by Gasteiger charge is -2.33. The van der Waals surface area contributed by atoms with Gasteiger partial charge in [0.2, 0.25) is 0 Å². The first-order chi connectivity index (χ1) is 11.7. The number of nitrogens with zero attached hydrogens (tertiary/aromatic N) is 1. The second-order valence-corrected chi connectivity index (χ2v) is 6.60. The summed E-state index contributed by atoms with van der Waals surface area (Å²) in [6.45, 7) is 4.74. The molecule has 2 aliphatic heterocycles. The van der Waals surface area contributed by atoms with Gasteiger partial charge in [-0.2, -0.15) is 0 Å². The van der Waals surface area contributed by atoms with Crippen LogP contribution in [0.25, 0.3) is 0 Å². The molecule has 0 aliphatic carbocycles. The maximum atomic E-state index is 14.2. The van der Waals surface area contributed by atoms with E-state index in [0.717, 1.165) is 52.1 Å². The van der Waals surface area contributed by atoms with Crippen LogP contribution in [0.15, 0.2) is 18.2 Å². The molecule has 5 nitrogen and oxygen atoms in total. The Morgan fingerprint density at radius 1 is 1.38 bits per heavy atom. The van der Waals surface area contributed by atoms with Crippen molar-refractivity contribution >= 4 is 5.91 Å². The van der Waals surface area contributed by atoms with E-state index in [-0.39, 0.29) is 23.3 Å². The fourth-order valence-electron chi connectivity index (χ4n) is 3.46. The molecule has 1 amide bonds. The number of hydrogen-bond donors (Lipinski definition) is 1. The molecule has 2 saturated heterocycles. The van der Waals surface area contributed by atoms with E-state index in [1.54, 1.807) is 6.07 Å². The van der Waals surface area contributed by atoms with E-state index in [9.17, 15) is 9.18 Å². The van der Waals surface area contributed by atoms with Gasteiger partial charge in [-0.3, -0.25) is 4.79 Å². The van der Waals surface area contributed by atoms with E-state index >= 15 is 0 Å². The minimum absolute atomic E-state index is 0.0416. The number of halogens is 1. The molecule has 2 aliphatic rings. The molecule has 2 heterocycles. The van der Waals surface area contributed by atoms with Gasteiger partial charge in [0.25, 0.3) is 5.91 Å². The zero-order valence-electron chi connectivity index (χ0n) is 14.1. The van der Waals surface area contributed by atoms with Crippen molar-refractivity contribution in [1.82, 2.24) is 10.2 Å². The second kappa shape index (κ2) is 7.94. The van der Waals surface area contributed by atoms with E-state index in [1.807, 2.05) is 0 Å². The smallest absolute Gasteiger partial charge is 0.254 e. The summed E-state index contributed by atoms with van der Waals surface area (Å²) in [7, 11) is 1.39. The molecule has 24 heavy (non-hydrogen) atoms. The molecule has 1 N–H and O–H groups in total. The van der Waals surface area contributed by atoms with Gasteiger partial charge in [-0.1, -0.05) is 6.07 Å². The third kappa shape index (κ3) is 4.05. The fourth-order valence-corrected chi connectivity index (χ4v) is 3.46. The molecule has 1 atom stereocenters. The molecule has 0 radical (unpaired) electrons. The van der Waals surface area contributed by atoms with Crippen LogP contribution >= 0.6 is 0 Å². The van der Waals surface area contributed by atoms with Gasteiger partial charge in [-0.25, -0.2) is 4.39 Å². The lowest BCUT2D eigenvalue weighted by atomic mass is 10.0. The number of hydrogen-bond acceptors (Lipinski definition) is 4. The van der Waals surface area contributed by atoms with E-state index in [0.29, 0.717) is 5.92 Å². The van der Waals surface area contributed by atoms with Gasteiger partial charge in [0.15, 0.2) is 11.6 Å². The zero-order chi connectivity index (χ0) is 16.9. The minimum atomic E-state index is -0.601. The van der Waals surface area contributed by atoms with Crippen LogP contribution in [0.5, 0.6) is 5.75 Å². The number of methoxy groups -OCH3 is 1. The van der Waals surface area contributed by atoms with Gasteiger partial charge in [0.1, 0.15) is 0 Å². The maximum absolute atomic E-state index is 14.2. The number of carbonyl (C=O) groups excluding carboxylic acids is 1. The molecular weight excluding hydrogens is 311 g/mol. The third-order valence-electron chi connectivity index (χ3n) is 4.89. The molecule has 0 aromatic heterocycles. The topological polar surface area (TPSA) is 50.8 Å². The summed E-state index contributed by atoms with van der Waals surface area (Å²) in [5.74, 6) is -0.233. The normalized spacial score (nSPS) is 22.5. The molecule has 0 saturated carbocycles. The van der Waals surface area contributed by atoms with Crippen LogP contribution in [0.3, 0.4) is 0 Å².